The minimum Gasteiger partial charge on any atom is -0.295 e. The molecule has 0 saturated heterocycles. The molecule has 0 spiro atoms. The summed E-state index contributed by atoms with van der Waals surface area (Å²) < 4.78 is 1.51. The van der Waals surface area contributed by atoms with Crippen molar-refractivity contribution >= 4 is 23.0 Å². The highest BCUT2D eigenvalue weighted by atomic mass is 35.5. The van der Waals surface area contributed by atoms with E-state index in [0.717, 1.165) is 22.7 Å². The van der Waals surface area contributed by atoms with E-state index in [2.05, 4.69) is 15.3 Å². The van der Waals surface area contributed by atoms with Gasteiger partial charge < -0.3 is 0 Å². The number of para-hydroxylation sites is 1. The Labute approximate surface area is 156 Å². The summed E-state index contributed by atoms with van der Waals surface area (Å²) in [6.07, 6.45) is 0. The van der Waals surface area contributed by atoms with Crippen molar-refractivity contribution in [2.75, 3.05) is 0 Å². The van der Waals surface area contributed by atoms with E-state index in [4.69, 9.17) is 11.6 Å². The lowest BCUT2D eigenvalue weighted by Gasteiger charge is -2.00. The molecule has 0 aliphatic rings. The Morgan fingerprint density at radius 3 is 2.23 bits per heavy atom. The van der Waals surface area contributed by atoms with Gasteiger partial charge in [0.15, 0.2) is 0 Å². The predicted octanol–water partition coefficient (Wildman–Crippen LogP) is 4.36. The van der Waals surface area contributed by atoms with Crippen LogP contribution in [-0.2, 0) is 0 Å². The van der Waals surface area contributed by atoms with Gasteiger partial charge in [-0.15, -0.1) is 0 Å². The average molecular weight is 367 g/mol. The van der Waals surface area contributed by atoms with Gasteiger partial charge in [0.2, 0.25) is 0 Å². The summed E-state index contributed by atoms with van der Waals surface area (Å²) in [6, 6.07) is 16.8. The highest BCUT2D eigenvalue weighted by Crippen LogP contribution is 2.11. The summed E-state index contributed by atoms with van der Waals surface area (Å²) in [6.45, 7) is 5.50. The number of aromatic nitrogens is 2. The molecule has 1 heterocycles. The maximum absolute atomic E-state index is 12.8. The van der Waals surface area contributed by atoms with Gasteiger partial charge in [0, 0.05) is 10.7 Å². The molecule has 0 fully saturated rings. The van der Waals surface area contributed by atoms with Crippen LogP contribution in [0, 0.1) is 6.92 Å². The molecule has 2 aromatic carbocycles. The molecule has 0 amide bonds. The van der Waals surface area contributed by atoms with E-state index >= 15 is 0 Å². The third-order valence-electron chi connectivity index (χ3n) is 4.06. The second-order valence-electron chi connectivity index (χ2n) is 5.97. The normalized spacial score (nSPS) is 12.5. The maximum Gasteiger partial charge on any atom is 0.280 e. The fraction of sp³-hybridized carbons (Fsp3) is 0.150. The first-order valence-electron chi connectivity index (χ1n) is 8.19. The largest absolute Gasteiger partial charge is 0.295 e. The molecular formula is C20H19ClN4O. The molecule has 3 rings (SSSR count). The number of nitrogens with one attached hydrogen (secondary N) is 1. The number of H-pyrrole nitrogens is 1. The van der Waals surface area contributed by atoms with E-state index in [1.807, 2.05) is 56.3 Å². The van der Waals surface area contributed by atoms with Crippen LogP contribution in [0.4, 0.5) is 0 Å². The van der Waals surface area contributed by atoms with E-state index in [1.54, 1.807) is 19.1 Å². The fourth-order valence-electron chi connectivity index (χ4n) is 2.68. The minimum absolute atomic E-state index is 0.144. The third kappa shape index (κ3) is 3.68. The van der Waals surface area contributed by atoms with Crippen molar-refractivity contribution in [1.29, 1.82) is 0 Å². The van der Waals surface area contributed by atoms with Crippen LogP contribution in [0.5, 0.6) is 0 Å². The van der Waals surface area contributed by atoms with Gasteiger partial charge in [-0.25, -0.2) is 4.68 Å². The summed E-state index contributed by atoms with van der Waals surface area (Å²) in [5.41, 5.74) is 4.15. The van der Waals surface area contributed by atoms with Crippen LogP contribution in [0.3, 0.4) is 0 Å². The number of aryl methyl sites for hydroxylation is 1. The Hall–Kier alpha value is -2.92. The van der Waals surface area contributed by atoms with Crippen LogP contribution < -0.4 is 5.56 Å². The quantitative estimate of drug-likeness (QED) is 0.541. The zero-order chi connectivity index (χ0) is 18.7. The topological polar surface area (TPSA) is 62.5 Å². The van der Waals surface area contributed by atoms with Gasteiger partial charge in [0.05, 0.1) is 22.7 Å². The second kappa shape index (κ2) is 7.54. The Morgan fingerprint density at radius 2 is 1.58 bits per heavy atom. The standard InChI is InChI=1S/C20H19ClN4O/c1-13(16-9-11-17(21)12-10-16)22-23-14(2)19-15(3)24-25(20(19)26)18-7-5-4-6-8-18/h4-12,24H,1-3H3/b22-13+,23-14+. The number of hydrogen-bond donors (Lipinski definition) is 1. The van der Waals surface area contributed by atoms with E-state index in [1.165, 1.54) is 4.68 Å². The monoisotopic (exact) mass is 366 g/mol. The first kappa shape index (κ1) is 17.9. The molecule has 0 radical (unpaired) electrons. The van der Waals surface area contributed by atoms with Gasteiger partial charge in [-0.1, -0.05) is 41.9 Å². The molecule has 0 unspecified atom stereocenters. The van der Waals surface area contributed by atoms with Crippen LogP contribution >= 0.6 is 11.6 Å². The van der Waals surface area contributed by atoms with Gasteiger partial charge in [-0.2, -0.15) is 10.2 Å². The Morgan fingerprint density at radius 1 is 0.962 bits per heavy atom. The molecular weight excluding hydrogens is 348 g/mol. The molecule has 0 bridgehead atoms. The van der Waals surface area contributed by atoms with Gasteiger partial charge in [-0.3, -0.25) is 9.89 Å². The molecule has 0 atom stereocenters. The lowest BCUT2D eigenvalue weighted by atomic mass is 10.1. The number of benzene rings is 2. The molecule has 0 aliphatic heterocycles. The number of hydrogen-bond acceptors (Lipinski definition) is 3. The van der Waals surface area contributed by atoms with Crippen LogP contribution in [0.1, 0.15) is 30.7 Å². The third-order valence-corrected chi connectivity index (χ3v) is 4.31. The summed E-state index contributed by atoms with van der Waals surface area (Å²) in [5, 5.41) is 12.3. The molecule has 3 aromatic rings. The minimum atomic E-state index is -0.144. The Bertz CT molecular complexity index is 1030. The smallest absolute Gasteiger partial charge is 0.280 e. The molecule has 0 saturated carbocycles. The second-order valence-corrected chi connectivity index (χ2v) is 6.40. The van der Waals surface area contributed by atoms with Crippen molar-refractivity contribution in [2.24, 2.45) is 10.2 Å². The van der Waals surface area contributed by atoms with E-state index in [0.29, 0.717) is 16.3 Å². The predicted molar refractivity (Wildman–Crippen MR) is 107 cm³/mol. The molecule has 6 heteroatoms. The highest BCUT2D eigenvalue weighted by Gasteiger charge is 2.15. The van der Waals surface area contributed by atoms with Crippen LogP contribution in [0.25, 0.3) is 5.69 Å². The first-order chi connectivity index (χ1) is 12.5. The van der Waals surface area contributed by atoms with Crippen molar-refractivity contribution in [1.82, 2.24) is 9.78 Å². The van der Waals surface area contributed by atoms with Crippen LogP contribution in [-0.4, -0.2) is 21.2 Å². The van der Waals surface area contributed by atoms with Crippen molar-refractivity contribution < 1.29 is 0 Å². The lowest BCUT2D eigenvalue weighted by Crippen LogP contribution is -2.19. The lowest BCUT2D eigenvalue weighted by molar-refractivity contribution is 0.835. The number of rotatable bonds is 4. The molecule has 26 heavy (non-hydrogen) atoms. The van der Waals surface area contributed by atoms with E-state index in [9.17, 15) is 4.79 Å². The summed E-state index contributed by atoms with van der Waals surface area (Å²) in [4.78, 5) is 12.8. The van der Waals surface area contributed by atoms with Crippen LogP contribution in [0.2, 0.25) is 5.02 Å². The molecule has 1 N–H and O–H groups in total. The van der Waals surface area contributed by atoms with Gasteiger partial charge in [0.25, 0.3) is 5.56 Å². The number of aromatic amines is 1. The van der Waals surface area contributed by atoms with Crippen molar-refractivity contribution in [2.45, 2.75) is 20.8 Å². The van der Waals surface area contributed by atoms with Crippen molar-refractivity contribution in [3.8, 4) is 5.69 Å². The van der Waals surface area contributed by atoms with Gasteiger partial charge >= 0.3 is 0 Å². The maximum atomic E-state index is 12.8. The number of nitrogens with zero attached hydrogens (tertiary/aromatic N) is 3. The van der Waals surface area contributed by atoms with Gasteiger partial charge in [-0.05, 0) is 50.6 Å². The Balaban J connectivity index is 1.95. The Kier molecular flexibility index (Phi) is 5.19. The summed E-state index contributed by atoms with van der Waals surface area (Å²) in [7, 11) is 0. The summed E-state index contributed by atoms with van der Waals surface area (Å²) >= 11 is 5.90. The van der Waals surface area contributed by atoms with Gasteiger partial charge in [0.1, 0.15) is 0 Å². The first-order valence-corrected chi connectivity index (χ1v) is 8.57. The van der Waals surface area contributed by atoms with E-state index in [-0.39, 0.29) is 5.56 Å². The molecule has 5 nitrogen and oxygen atoms in total. The SMILES string of the molecule is C/C(=N\N=C(/C)c1c(C)[nH]n(-c2ccccc2)c1=O)c1ccc(Cl)cc1. The summed E-state index contributed by atoms with van der Waals surface area (Å²) in [5.74, 6) is 0. The molecule has 0 aliphatic carbocycles. The van der Waals surface area contributed by atoms with E-state index < -0.39 is 0 Å². The zero-order valence-corrected chi connectivity index (χ0v) is 15.6. The number of halogens is 1. The molecule has 1 aromatic heterocycles. The highest BCUT2D eigenvalue weighted by molar-refractivity contribution is 6.30. The van der Waals surface area contributed by atoms with Crippen LogP contribution in [0.15, 0.2) is 69.6 Å². The zero-order valence-electron chi connectivity index (χ0n) is 14.8. The molecule has 132 valence electrons. The average Bonchev–Trinajstić information content (AvgIpc) is 2.95. The fourth-order valence-corrected chi connectivity index (χ4v) is 2.81. The van der Waals surface area contributed by atoms with Crippen molar-refractivity contribution in [3.63, 3.8) is 0 Å². The van der Waals surface area contributed by atoms with Crippen molar-refractivity contribution in [3.05, 3.63) is 86.8 Å².